The summed E-state index contributed by atoms with van der Waals surface area (Å²) in [7, 11) is 0. The zero-order valence-electron chi connectivity index (χ0n) is 7.46. The zero-order valence-corrected chi connectivity index (χ0v) is 7.46. The van der Waals surface area contributed by atoms with E-state index in [2.05, 4.69) is 27.7 Å². The smallest absolute Gasteiger partial charge is 0.0324 e. The van der Waals surface area contributed by atoms with E-state index in [0.717, 1.165) is 35.5 Å². The van der Waals surface area contributed by atoms with E-state index in [9.17, 15) is 0 Å². The zero-order chi connectivity index (χ0) is 7.46. The van der Waals surface area contributed by atoms with Gasteiger partial charge in [-0.1, -0.05) is 27.7 Å². The summed E-state index contributed by atoms with van der Waals surface area (Å²) in [6.07, 6.45) is 0. The van der Waals surface area contributed by atoms with Gasteiger partial charge in [-0.2, -0.15) is 0 Å². The molecule has 2 unspecified atom stereocenters. The predicted octanol–water partition coefficient (Wildman–Crippen LogP) is 2.79. The molecule has 58 valence electrons. The fourth-order valence-corrected chi connectivity index (χ4v) is 3.47. The normalized spacial score (nSPS) is 66.0. The van der Waals surface area contributed by atoms with E-state index >= 15 is 0 Å². The van der Waals surface area contributed by atoms with Crippen LogP contribution in [-0.2, 0) is 0 Å². The third kappa shape index (κ3) is 0.500. The summed E-state index contributed by atoms with van der Waals surface area (Å²) in [6, 6.07) is 0. The minimum atomic E-state index is 1.02. The maximum absolute atomic E-state index is 2.42. The molecule has 6 atom stereocenters. The van der Waals surface area contributed by atoms with E-state index in [4.69, 9.17) is 0 Å². The van der Waals surface area contributed by atoms with Crippen molar-refractivity contribution in [3.8, 4) is 0 Å². The first-order valence-electron chi connectivity index (χ1n) is 4.64. The largest absolute Gasteiger partial charge is 0.0620 e. The van der Waals surface area contributed by atoms with Crippen LogP contribution in [0.1, 0.15) is 27.7 Å². The first-order chi connectivity index (χ1) is 4.64. The van der Waals surface area contributed by atoms with E-state index in [0.29, 0.717) is 0 Å². The lowest BCUT2D eigenvalue weighted by atomic mass is 9.39. The van der Waals surface area contributed by atoms with Crippen LogP contribution in [0.5, 0.6) is 0 Å². The highest BCUT2D eigenvalue weighted by Gasteiger charge is 2.59. The van der Waals surface area contributed by atoms with Crippen molar-refractivity contribution in [1.82, 2.24) is 0 Å². The maximum atomic E-state index is 2.42. The molecule has 0 heterocycles. The van der Waals surface area contributed by atoms with Gasteiger partial charge in [-0.3, -0.25) is 0 Å². The lowest BCUT2D eigenvalue weighted by Gasteiger charge is -2.65. The molecule has 0 aliphatic heterocycles. The fourth-order valence-electron chi connectivity index (χ4n) is 3.47. The molecule has 0 spiro atoms. The molecule has 0 bridgehead atoms. The fraction of sp³-hybridized carbons (Fsp3) is 1.00. The van der Waals surface area contributed by atoms with Gasteiger partial charge < -0.3 is 0 Å². The van der Waals surface area contributed by atoms with Gasteiger partial charge in [0.25, 0.3) is 0 Å². The molecule has 10 heavy (non-hydrogen) atoms. The van der Waals surface area contributed by atoms with Crippen LogP contribution in [-0.4, -0.2) is 0 Å². The average Bonchev–Trinajstić information content (AvgIpc) is 1.95. The molecule has 2 rings (SSSR count). The van der Waals surface area contributed by atoms with Crippen LogP contribution in [0.4, 0.5) is 0 Å². The van der Waals surface area contributed by atoms with Crippen molar-refractivity contribution in [3.63, 3.8) is 0 Å². The van der Waals surface area contributed by atoms with Crippen molar-refractivity contribution in [3.05, 3.63) is 0 Å². The molecule has 0 amide bonds. The lowest BCUT2D eigenvalue weighted by molar-refractivity contribution is -0.178. The van der Waals surface area contributed by atoms with Crippen LogP contribution in [0.3, 0.4) is 0 Å². The van der Waals surface area contributed by atoms with Gasteiger partial charge in [0.2, 0.25) is 0 Å². The maximum Gasteiger partial charge on any atom is -0.0324 e. The van der Waals surface area contributed by atoms with E-state index in [-0.39, 0.29) is 0 Å². The Morgan fingerprint density at radius 1 is 0.500 bits per heavy atom. The Hall–Kier alpha value is 0. The van der Waals surface area contributed by atoms with Crippen molar-refractivity contribution >= 4 is 0 Å². The highest BCUT2D eigenvalue weighted by Crippen LogP contribution is 2.63. The average molecular weight is 138 g/mol. The van der Waals surface area contributed by atoms with Gasteiger partial charge in [0.05, 0.1) is 0 Å². The molecule has 0 radical (unpaired) electrons. The molecule has 0 aromatic heterocycles. The molecule has 0 N–H and O–H groups in total. The van der Waals surface area contributed by atoms with Gasteiger partial charge in [-0.05, 0) is 35.5 Å². The molecule has 0 saturated heterocycles. The highest BCUT2D eigenvalue weighted by atomic mass is 14.6. The molecule has 2 saturated carbocycles. The number of hydrogen-bond donors (Lipinski definition) is 0. The Labute approximate surface area is 64.0 Å². The predicted molar refractivity (Wildman–Crippen MR) is 43.6 cm³/mol. The second kappa shape index (κ2) is 1.78. The second-order valence-electron chi connectivity index (χ2n) is 4.59. The Bertz CT molecular complexity index is 116. The summed E-state index contributed by atoms with van der Waals surface area (Å²) in [5, 5.41) is 0. The number of hydrogen-bond acceptors (Lipinski definition) is 0. The second-order valence-corrected chi connectivity index (χ2v) is 4.59. The van der Waals surface area contributed by atoms with Crippen LogP contribution in [0.25, 0.3) is 0 Å². The number of rotatable bonds is 0. The van der Waals surface area contributed by atoms with Crippen molar-refractivity contribution in [2.75, 3.05) is 0 Å². The molecular formula is C10H18. The minimum Gasteiger partial charge on any atom is -0.0620 e. The quantitative estimate of drug-likeness (QED) is 0.483. The summed E-state index contributed by atoms with van der Waals surface area (Å²) in [6.45, 7) is 9.70. The van der Waals surface area contributed by atoms with E-state index < -0.39 is 0 Å². The van der Waals surface area contributed by atoms with Crippen LogP contribution in [0.15, 0.2) is 0 Å². The monoisotopic (exact) mass is 138 g/mol. The summed E-state index contributed by atoms with van der Waals surface area (Å²) in [5.74, 6) is 6.30. The first-order valence-corrected chi connectivity index (χ1v) is 4.64. The Morgan fingerprint density at radius 3 is 0.900 bits per heavy atom. The topological polar surface area (TPSA) is 0 Å². The van der Waals surface area contributed by atoms with Gasteiger partial charge in [-0.25, -0.2) is 0 Å². The number of fused-ring (bicyclic) bond motifs is 1. The minimum absolute atomic E-state index is 1.02. The SMILES string of the molecule is C[C@@H]1C2C([C@@H](C)[C@H]2C)[C@@H]1C. The highest BCUT2D eigenvalue weighted by molar-refractivity contribution is 5.06. The summed E-state index contributed by atoms with van der Waals surface area (Å²) < 4.78 is 0. The van der Waals surface area contributed by atoms with Gasteiger partial charge in [-0.15, -0.1) is 0 Å². The van der Waals surface area contributed by atoms with Crippen LogP contribution in [0.2, 0.25) is 0 Å². The van der Waals surface area contributed by atoms with Gasteiger partial charge in [0.1, 0.15) is 0 Å². The summed E-state index contributed by atoms with van der Waals surface area (Å²) in [4.78, 5) is 0. The van der Waals surface area contributed by atoms with Gasteiger partial charge in [0.15, 0.2) is 0 Å². The van der Waals surface area contributed by atoms with Crippen molar-refractivity contribution in [2.24, 2.45) is 35.5 Å². The van der Waals surface area contributed by atoms with Crippen LogP contribution < -0.4 is 0 Å². The van der Waals surface area contributed by atoms with Gasteiger partial charge in [0, 0.05) is 0 Å². The summed E-state index contributed by atoms with van der Waals surface area (Å²) >= 11 is 0. The molecular weight excluding hydrogens is 120 g/mol. The standard InChI is InChI=1S/C10H18/c1-5-6(2)10-8(4)7(3)9(5)10/h5-10H,1-4H3/t5-,6+,7+,8-,9?,10?. The van der Waals surface area contributed by atoms with Crippen molar-refractivity contribution in [2.45, 2.75) is 27.7 Å². The molecule has 0 aromatic rings. The van der Waals surface area contributed by atoms with E-state index in [1.54, 1.807) is 0 Å². The summed E-state index contributed by atoms with van der Waals surface area (Å²) in [5.41, 5.74) is 0. The van der Waals surface area contributed by atoms with E-state index in [1.807, 2.05) is 0 Å². The van der Waals surface area contributed by atoms with Gasteiger partial charge >= 0.3 is 0 Å². The van der Waals surface area contributed by atoms with Crippen LogP contribution in [0, 0.1) is 35.5 Å². The molecule has 0 heteroatoms. The first kappa shape index (κ1) is 6.69. The molecule has 2 fully saturated rings. The molecule has 0 aromatic carbocycles. The van der Waals surface area contributed by atoms with E-state index in [1.165, 1.54) is 0 Å². The van der Waals surface area contributed by atoms with Crippen molar-refractivity contribution in [1.29, 1.82) is 0 Å². The van der Waals surface area contributed by atoms with Crippen molar-refractivity contribution < 1.29 is 0 Å². The Morgan fingerprint density at radius 2 is 0.700 bits per heavy atom. The molecule has 2 aliphatic carbocycles. The van der Waals surface area contributed by atoms with Crippen LogP contribution >= 0.6 is 0 Å². The Kier molecular flexibility index (Phi) is 1.19. The Balaban J connectivity index is 2.07. The third-order valence-corrected chi connectivity index (χ3v) is 4.53. The third-order valence-electron chi connectivity index (χ3n) is 4.53. The molecule has 2 aliphatic rings. The molecule has 0 nitrogen and oxygen atoms in total. The lowest BCUT2D eigenvalue weighted by Crippen LogP contribution is -2.61.